The molecule has 0 aliphatic heterocycles. The summed E-state index contributed by atoms with van der Waals surface area (Å²) in [7, 11) is 0. The standard InChI is InChI=1S/C7H5BrF3N3/c8-5-3-13-6(14-5)2-1-4(12)7(9,10)11/h1-3,12H,(H,13,14)/b2-1-,12-4?. The van der Waals surface area contributed by atoms with Gasteiger partial charge in [-0.2, -0.15) is 13.2 Å². The predicted molar refractivity (Wildman–Crippen MR) is 49.1 cm³/mol. The van der Waals surface area contributed by atoms with Crippen LogP contribution in [0.25, 0.3) is 6.08 Å². The molecule has 14 heavy (non-hydrogen) atoms. The van der Waals surface area contributed by atoms with Gasteiger partial charge in [0.05, 0.1) is 6.20 Å². The van der Waals surface area contributed by atoms with Gasteiger partial charge in [-0.05, 0) is 28.1 Å². The van der Waals surface area contributed by atoms with E-state index in [0.717, 1.165) is 6.08 Å². The molecular weight excluding hydrogens is 263 g/mol. The summed E-state index contributed by atoms with van der Waals surface area (Å²) >= 11 is 3.05. The van der Waals surface area contributed by atoms with E-state index in [9.17, 15) is 13.2 Å². The van der Waals surface area contributed by atoms with Crippen LogP contribution in [0.3, 0.4) is 0 Å². The number of rotatable bonds is 2. The van der Waals surface area contributed by atoms with Gasteiger partial charge in [0.1, 0.15) is 16.1 Å². The van der Waals surface area contributed by atoms with Crippen molar-refractivity contribution in [2.24, 2.45) is 0 Å². The Morgan fingerprint density at radius 1 is 1.57 bits per heavy atom. The van der Waals surface area contributed by atoms with Gasteiger partial charge in [-0.25, -0.2) is 4.98 Å². The van der Waals surface area contributed by atoms with Crippen LogP contribution in [0.15, 0.2) is 16.9 Å². The van der Waals surface area contributed by atoms with Crippen LogP contribution in [0.5, 0.6) is 0 Å². The highest BCUT2D eigenvalue weighted by Crippen LogP contribution is 2.17. The molecule has 0 unspecified atom stereocenters. The zero-order valence-corrected chi connectivity index (χ0v) is 8.28. The van der Waals surface area contributed by atoms with Crippen molar-refractivity contribution in [1.82, 2.24) is 9.97 Å². The number of H-pyrrole nitrogens is 1. The SMILES string of the molecule is N=C(/C=C\c1ncc(Br)[nH]1)C(F)(F)F. The Kier molecular flexibility index (Phi) is 3.10. The summed E-state index contributed by atoms with van der Waals surface area (Å²) in [5.41, 5.74) is -1.41. The maximum Gasteiger partial charge on any atom is 0.432 e. The van der Waals surface area contributed by atoms with Crippen LogP contribution in [0.2, 0.25) is 0 Å². The van der Waals surface area contributed by atoms with Gasteiger partial charge < -0.3 is 4.98 Å². The van der Waals surface area contributed by atoms with Crippen LogP contribution in [0.1, 0.15) is 5.82 Å². The minimum absolute atomic E-state index is 0.255. The molecule has 0 aliphatic rings. The van der Waals surface area contributed by atoms with Crippen molar-refractivity contribution >= 4 is 27.7 Å². The lowest BCUT2D eigenvalue weighted by Gasteiger charge is -2.01. The van der Waals surface area contributed by atoms with Crippen LogP contribution >= 0.6 is 15.9 Å². The highest BCUT2D eigenvalue weighted by atomic mass is 79.9. The van der Waals surface area contributed by atoms with Crippen molar-refractivity contribution in [1.29, 1.82) is 5.41 Å². The molecule has 0 bridgehead atoms. The van der Waals surface area contributed by atoms with E-state index in [1.807, 2.05) is 0 Å². The maximum atomic E-state index is 11.8. The molecule has 0 amide bonds. The first kappa shape index (κ1) is 11.0. The summed E-state index contributed by atoms with van der Waals surface area (Å²) < 4.78 is 36.1. The molecule has 7 heteroatoms. The molecule has 0 spiro atoms. The summed E-state index contributed by atoms with van der Waals surface area (Å²) in [4.78, 5) is 6.35. The van der Waals surface area contributed by atoms with Gasteiger partial charge in [0.15, 0.2) is 0 Å². The van der Waals surface area contributed by atoms with E-state index < -0.39 is 11.9 Å². The second-order valence-electron chi connectivity index (χ2n) is 2.36. The number of nitrogens with zero attached hydrogens (tertiary/aromatic N) is 1. The number of aromatic nitrogens is 2. The number of imidazole rings is 1. The Morgan fingerprint density at radius 3 is 2.64 bits per heavy atom. The molecule has 3 nitrogen and oxygen atoms in total. The summed E-state index contributed by atoms with van der Waals surface area (Å²) in [5, 5.41) is 6.63. The summed E-state index contributed by atoms with van der Waals surface area (Å²) in [6.07, 6.45) is -1.47. The van der Waals surface area contributed by atoms with Crippen molar-refractivity contribution in [3.8, 4) is 0 Å². The largest absolute Gasteiger partial charge is 0.432 e. The van der Waals surface area contributed by atoms with Gasteiger partial charge >= 0.3 is 6.18 Å². The summed E-state index contributed by atoms with van der Waals surface area (Å²) in [6.45, 7) is 0. The lowest BCUT2D eigenvalue weighted by atomic mass is 10.3. The van der Waals surface area contributed by atoms with Gasteiger partial charge in [-0.1, -0.05) is 0 Å². The predicted octanol–water partition coefficient (Wildman–Crippen LogP) is 2.77. The first-order valence-electron chi connectivity index (χ1n) is 3.44. The van der Waals surface area contributed by atoms with Gasteiger partial charge in [-0.15, -0.1) is 0 Å². The van der Waals surface area contributed by atoms with Crippen molar-refractivity contribution in [3.63, 3.8) is 0 Å². The molecule has 1 aromatic rings. The van der Waals surface area contributed by atoms with E-state index in [2.05, 4.69) is 25.9 Å². The quantitative estimate of drug-likeness (QED) is 0.796. The van der Waals surface area contributed by atoms with E-state index in [-0.39, 0.29) is 5.82 Å². The molecular formula is C7H5BrF3N3. The molecule has 0 atom stereocenters. The number of allylic oxidation sites excluding steroid dienone is 1. The first-order chi connectivity index (χ1) is 6.39. The fourth-order valence-corrected chi connectivity index (χ4v) is 0.960. The van der Waals surface area contributed by atoms with Crippen LogP contribution in [-0.2, 0) is 0 Å². The average molecular weight is 268 g/mol. The van der Waals surface area contributed by atoms with Crippen LogP contribution in [0.4, 0.5) is 13.2 Å². The highest BCUT2D eigenvalue weighted by Gasteiger charge is 2.32. The molecule has 76 valence electrons. The third kappa shape index (κ3) is 2.99. The fraction of sp³-hybridized carbons (Fsp3) is 0.143. The molecule has 0 saturated heterocycles. The van der Waals surface area contributed by atoms with E-state index in [0.29, 0.717) is 10.7 Å². The van der Waals surface area contributed by atoms with Gasteiger partial charge in [-0.3, -0.25) is 5.41 Å². The Bertz CT molecular complexity index is 367. The minimum atomic E-state index is -4.61. The lowest BCUT2D eigenvalue weighted by Crippen LogP contribution is -2.19. The van der Waals surface area contributed by atoms with E-state index >= 15 is 0 Å². The summed E-state index contributed by atoms with van der Waals surface area (Å²) in [6, 6.07) is 0. The van der Waals surface area contributed by atoms with Crippen LogP contribution in [-0.4, -0.2) is 21.9 Å². The topological polar surface area (TPSA) is 52.5 Å². The van der Waals surface area contributed by atoms with Crippen molar-refractivity contribution < 1.29 is 13.2 Å². The molecule has 0 saturated carbocycles. The molecule has 0 aliphatic carbocycles. The van der Waals surface area contributed by atoms with Gasteiger partial charge in [0.25, 0.3) is 0 Å². The number of hydrogen-bond donors (Lipinski definition) is 2. The zero-order valence-electron chi connectivity index (χ0n) is 6.69. The Labute approximate surface area is 85.7 Å². The van der Waals surface area contributed by atoms with Crippen LogP contribution < -0.4 is 0 Å². The van der Waals surface area contributed by atoms with Crippen LogP contribution in [0, 0.1) is 5.41 Å². The molecule has 0 radical (unpaired) electrons. The zero-order chi connectivity index (χ0) is 10.8. The van der Waals surface area contributed by atoms with E-state index in [1.54, 1.807) is 0 Å². The molecule has 0 fully saturated rings. The monoisotopic (exact) mass is 267 g/mol. The Morgan fingerprint density at radius 2 is 2.21 bits per heavy atom. The number of nitrogens with one attached hydrogen (secondary N) is 2. The molecule has 2 N–H and O–H groups in total. The second kappa shape index (κ2) is 3.95. The fourth-order valence-electron chi connectivity index (χ4n) is 0.655. The molecule has 1 aromatic heterocycles. The molecule has 1 heterocycles. The smallest absolute Gasteiger partial charge is 0.333 e. The Hall–Kier alpha value is -1.11. The highest BCUT2D eigenvalue weighted by molar-refractivity contribution is 9.10. The summed E-state index contributed by atoms with van der Waals surface area (Å²) in [5.74, 6) is 0.255. The number of halogens is 4. The first-order valence-corrected chi connectivity index (χ1v) is 4.23. The third-order valence-corrected chi connectivity index (χ3v) is 1.68. The number of aromatic amines is 1. The Balaban J connectivity index is 2.70. The lowest BCUT2D eigenvalue weighted by molar-refractivity contribution is -0.0583. The number of hydrogen-bond acceptors (Lipinski definition) is 2. The molecule has 0 aromatic carbocycles. The second-order valence-corrected chi connectivity index (χ2v) is 3.22. The molecule has 1 rings (SSSR count). The average Bonchev–Trinajstić information content (AvgIpc) is 2.45. The van der Waals surface area contributed by atoms with Gasteiger partial charge in [0, 0.05) is 0 Å². The van der Waals surface area contributed by atoms with Crippen molar-refractivity contribution in [3.05, 3.63) is 22.7 Å². The maximum absolute atomic E-state index is 11.8. The van der Waals surface area contributed by atoms with Crippen molar-refractivity contribution in [2.75, 3.05) is 0 Å². The minimum Gasteiger partial charge on any atom is -0.333 e. The van der Waals surface area contributed by atoms with E-state index in [4.69, 9.17) is 5.41 Å². The van der Waals surface area contributed by atoms with Crippen molar-refractivity contribution in [2.45, 2.75) is 6.18 Å². The third-order valence-electron chi connectivity index (χ3n) is 1.28. The van der Waals surface area contributed by atoms with E-state index in [1.165, 1.54) is 6.20 Å². The normalized spacial score (nSPS) is 12.3. The number of alkyl halides is 3. The van der Waals surface area contributed by atoms with Gasteiger partial charge in [0.2, 0.25) is 0 Å².